The topological polar surface area (TPSA) is 96.5 Å². The first kappa shape index (κ1) is 23.0. The van der Waals surface area contributed by atoms with Gasteiger partial charge in [0.15, 0.2) is 6.04 Å². The molecule has 3 amide bonds. The Bertz CT molecular complexity index is 1110. The minimum absolute atomic E-state index is 0.227. The fraction of sp³-hybridized carbons (Fsp3) is 0.222. The monoisotopic (exact) mass is 457 g/mol. The summed E-state index contributed by atoms with van der Waals surface area (Å²) in [6.45, 7) is 0. The summed E-state index contributed by atoms with van der Waals surface area (Å²) in [5.41, 5.74) is 1.95. The molecule has 1 aliphatic rings. The van der Waals surface area contributed by atoms with Crippen molar-refractivity contribution in [2.24, 2.45) is 0 Å². The molecule has 174 valence electrons. The van der Waals surface area contributed by atoms with E-state index >= 15 is 0 Å². The summed E-state index contributed by atoms with van der Waals surface area (Å²) >= 11 is 0. The van der Waals surface area contributed by atoms with Crippen molar-refractivity contribution in [3.63, 3.8) is 0 Å². The quantitative estimate of drug-likeness (QED) is 0.407. The summed E-state index contributed by atoms with van der Waals surface area (Å²) in [4.78, 5) is 37.9. The highest BCUT2D eigenvalue weighted by Crippen LogP contribution is 2.16. The Labute approximate surface area is 198 Å². The van der Waals surface area contributed by atoms with Crippen LogP contribution < -0.4 is 20.7 Å². The standard InChI is InChI=1S/C27H27N3O4/c31-23(17-16-19-10-4-1-5-11-19)28-22(18-20-12-6-2-7-13-20)25(32)29-24-26(33)30-27(24)34-21-14-8-3-9-15-21/h1-15,22,24,27H,16-18H2,(H,28,31)(H,29,32)(H,30,33)/t22-,24+,27-/m0/s1. The van der Waals surface area contributed by atoms with Gasteiger partial charge in [-0.05, 0) is 29.7 Å². The second kappa shape index (κ2) is 11.1. The highest BCUT2D eigenvalue weighted by Gasteiger charge is 2.43. The molecule has 3 aromatic carbocycles. The van der Waals surface area contributed by atoms with Crippen LogP contribution in [0.3, 0.4) is 0 Å². The third-order valence-corrected chi connectivity index (χ3v) is 5.59. The number of hydrogen-bond acceptors (Lipinski definition) is 4. The van der Waals surface area contributed by atoms with Gasteiger partial charge in [0.1, 0.15) is 11.8 Å². The van der Waals surface area contributed by atoms with Gasteiger partial charge in [-0.2, -0.15) is 0 Å². The number of aryl methyl sites for hydroxylation is 1. The lowest BCUT2D eigenvalue weighted by molar-refractivity contribution is -0.144. The molecule has 3 aromatic rings. The number of carbonyl (C=O) groups excluding carboxylic acids is 3. The summed E-state index contributed by atoms with van der Waals surface area (Å²) in [5, 5.41) is 8.24. The zero-order valence-electron chi connectivity index (χ0n) is 18.6. The number of nitrogens with one attached hydrogen (secondary N) is 3. The van der Waals surface area contributed by atoms with E-state index in [0.717, 1.165) is 11.1 Å². The van der Waals surface area contributed by atoms with Gasteiger partial charge >= 0.3 is 0 Å². The van der Waals surface area contributed by atoms with Gasteiger partial charge in [0.05, 0.1) is 0 Å². The van der Waals surface area contributed by atoms with Gasteiger partial charge in [0.25, 0.3) is 5.91 Å². The first-order valence-corrected chi connectivity index (χ1v) is 11.3. The van der Waals surface area contributed by atoms with Crippen LogP contribution in [0.2, 0.25) is 0 Å². The van der Waals surface area contributed by atoms with Crippen molar-refractivity contribution < 1.29 is 19.1 Å². The first-order valence-electron chi connectivity index (χ1n) is 11.3. The zero-order chi connectivity index (χ0) is 23.8. The van der Waals surface area contributed by atoms with Crippen LogP contribution in [0, 0.1) is 0 Å². The molecular formula is C27H27N3O4. The smallest absolute Gasteiger partial charge is 0.251 e. The molecule has 34 heavy (non-hydrogen) atoms. The largest absolute Gasteiger partial charge is 0.468 e. The molecule has 1 heterocycles. The zero-order valence-corrected chi connectivity index (χ0v) is 18.6. The van der Waals surface area contributed by atoms with Crippen LogP contribution >= 0.6 is 0 Å². The highest BCUT2D eigenvalue weighted by atomic mass is 16.5. The number of carbonyl (C=O) groups is 3. The van der Waals surface area contributed by atoms with Gasteiger partial charge in [-0.3, -0.25) is 14.4 Å². The van der Waals surface area contributed by atoms with Crippen molar-refractivity contribution in [2.45, 2.75) is 37.6 Å². The van der Waals surface area contributed by atoms with E-state index in [1.165, 1.54) is 0 Å². The minimum atomic E-state index is -0.841. The Balaban J connectivity index is 1.39. The Hall–Kier alpha value is -4.13. The van der Waals surface area contributed by atoms with Crippen molar-refractivity contribution in [1.82, 2.24) is 16.0 Å². The maximum absolute atomic E-state index is 13.1. The van der Waals surface area contributed by atoms with Crippen LogP contribution in [0.4, 0.5) is 0 Å². The lowest BCUT2D eigenvalue weighted by atomic mass is 10.0. The normalized spacial score (nSPS) is 17.6. The molecule has 0 saturated carbocycles. The highest BCUT2D eigenvalue weighted by molar-refractivity contribution is 5.95. The number of para-hydroxylation sites is 1. The van der Waals surface area contributed by atoms with Crippen LogP contribution in [0.1, 0.15) is 17.5 Å². The molecule has 0 unspecified atom stereocenters. The fourth-order valence-electron chi connectivity index (χ4n) is 3.72. The molecule has 1 fully saturated rings. The predicted molar refractivity (Wildman–Crippen MR) is 128 cm³/mol. The third-order valence-electron chi connectivity index (χ3n) is 5.59. The number of hydrogen-bond donors (Lipinski definition) is 3. The van der Waals surface area contributed by atoms with Crippen molar-refractivity contribution >= 4 is 17.7 Å². The van der Waals surface area contributed by atoms with E-state index in [4.69, 9.17) is 4.74 Å². The Morgan fingerprint density at radius 2 is 1.44 bits per heavy atom. The molecule has 7 nitrogen and oxygen atoms in total. The number of rotatable bonds is 10. The fourth-order valence-corrected chi connectivity index (χ4v) is 3.72. The van der Waals surface area contributed by atoms with Crippen molar-refractivity contribution in [3.8, 4) is 5.75 Å². The molecule has 0 aromatic heterocycles. The summed E-state index contributed by atoms with van der Waals surface area (Å²) in [6, 6.07) is 26.5. The molecule has 0 aliphatic carbocycles. The van der Waals surface area contributed by atoms with Gasteiger partial charge in [-0.1, -0.05) is 78.9 Å². The second-order valence-electron chi connectivity index (χ2n) is 8.14. The van der Waals surface area contributed by atoms with Crippen molar-refractivity contribution in [1.29, 1.82) is 0 Å². The molecule has 3 N–H and O–H groups in total. The first-order chi connectivity index (χ1) is 16.6. The molecular weight excluding hydrogens is 430 g/mol. The van der Waals surface area contributed by atoms with Crippen LogP contribution in [-0.2, 0) is 27.2 Å². The molecule has 1 aliphatic heterocycles. The predicted octanol–water partition coefficient (Wildman–Crippen LogP) is 2.37. The van der Waals surface area contributed by atoms with E-state index in [-0.39, 0.29) is 18.2 Å². The van der Waals surface area contributed by atoms with E-state index in [2.05, 4.69) is 16.0 Å². The van der Waals surface area contributed by atoms with Gasteiger partial charge in [0, 0.05) is 12.8 Å². The van der Waals surface area contributed by atoms with Gasteiger partial charge in [-0.15, -0.1) is 0 Å². The molecule has 1 saturated heterocycles. The average Bonchev–Trinajstić information content (AvgIpc) is 2.87. The number of amides is 3. The summed E-state index contributed by atoms with van der Waals surface area (Å²) in [5.74, 6) is -0.404. The number of ether oxygens (including phenoxy) is 1. The second-order valence-corrected chi connectivity index (χ2v) is 8.14. The molecule has 0 radical (unpaired) electrons. The molecule has 7 heteroatoms. The average molecular weight is 458 g/mol. The van der Waals surface area contributed by atoms with E-state index in [9.17, 15) is 14.4 Å². The molecule has 0 spiro atoms. The summed E-state index contributed by atoms with van der Waals surface area (Å²) < 4.78 is 5.77. The number of β-lactam (4-membered cyclic amide) rings is 1. The van der Waals surface area contributed by atoms with E-state index < -0.39 is 24.2 Å². The van der Waals surface area contributed by atoms with Gasteiger partial charge in [-0.25, -0.2) is 0 Å². The van der Waals surface area contributed by atoms with Crippen molar-refractivity contribution in [2.75, 3.05) is 0 Å². The molecule has 0 bridgehead atoms. The SMILES string of the molecule is O=C(CCc1ccccc1)N[C@@H](Cc1ccccc1)C(=O)N[C@@H]1C(=O)N[C@H]1Oc1ccccc1. The van der Waals surface area contributed by atoms with E-state index in [1.54, 1.807) is 12.1 Å². The van der Waals surface area contributed by atoms with Crippen LogP contribution in [0.25, 0.3) is 0 Å². The molecule has 4 rings (SSSR count). The Kier molecular flexibility index (Phi) is 7.55. The maximum atomic E-state index is 13.1. The Morgan fingerprint density at radius 1 is 0.853 bits per heavy atom. The maximum Gasteiger partial charge on any atom is 0.251 e. The van der Waals surface area contributed by atoms with Crippen molar-refractivity contribution in [3.05, 3.63) is 102 Å². The summed E-state index contributed by atoms with van der Waals surface area (Å²) in [7, 11) is 0. The Morgan fingerprint density at radius 3 is 2.06 bits per heavy atom. The number of benzene rings is 3. The van der Waals surface area contributed by atoms with E-state index in [1.807, 2.05) is 78.9 Å². The van der Waals surface area contributed by atoms with E-state index in [0.29, 0.717) is 18.6 Å². The lowest BCUT2D eigenvalue weighted by Gasteiger charge is -2.37. The minimum Gasteiger partial charge on any atom is -0.468 e. The summed E-state index contributed by atoms with van der Waals surface area (Å²) in [6.07, 6.45) is 0.462. The van der Waals surface area contributed by atoms with Gasteiger partial charge in [0.2, 0.25) is 18.0 Å². The molecule has 3 atom stereocenters. The lowest BCUT2D eigenvalue weighted by Crippen LogP contribution is -2.72. The third kappa shape index (κ3) is 6.22. The van der Waals surface area contributed by atoms with Crippen LogP contribution in [0.5, 0.6) is 5.75 Å². The van der Waals surface area contributed by atoms with Gasteiger partial charge < -0.3 is 20.7 Å². The van der Waals surface area contributed by atoms with Crippen LogP contribution in [0.15, 0.2) is 91.0 Å². The van der Waals surface area contributed by atoms with Crippen LogP contribution in [-0.4, -0.2) is 36.0 Å².